The topological polar surface area (TPSA) is 93.7 Å². The summed E-state index contributed by atoms with van der Waals surface area (Å²) in [6.45, 7) is 2.43. The number of aromatic nitrogens is 2. The number of likely N-dealkylation sites (N-methyl/N-ethyl adjacent to an activating group) is 1. The molecule has 0 radical (unpaired) electrons. The third-order valence-electron chi connectivity index (χ3n) is 8.23. The molecule has 0 atom stereocenters. The summed E-state index contributed by atoms with van der Waals surface area (Å²) in [6, 6.07) is 22.0. The Hall–Kier alpha value is -5.89. The maximum absolute atomic E-state index is 15.1. The van der Waals surface area contributed by atoms with Gasteiger partial charge in [0.05, 0.1) is 12.2 Å². The van der Waals surface area contributed by atoms with Crippen molar-refractivity contribution in [2.75, 3.05) is 42.3 Å². The summed E-state index contributed by atoms with van der Waals surface area (Å²) in [5.74, 6) is -4.26. The molecule has 9 nitrogen and oxygen atoms in total. The molecule has 1 aliphatic rings. The summed E-state index contributed by atoms with van der Waals surface area (Å²) >= 11 is 0. The highest BCUT2D eigenvalue weighted by atomic mass is 19.4. The Balaban J connectivity index is 1.52. The number of urea groups is 1. The average molecular weight is 702 g/mol. The molecule has 14 heteroatoms. The molecule has 1 aliphatic heterocycles. The summed E-state index contributed by atoms with van der Waals surface area (Å²) in [4.78, 5) is 38.7. The highest BCUT2D eigenvalue weighted by Crippen LogP contribution is 2.41. The van der Waals surface area contributed by atoms with Gasteiger partial charge in [0.15, 0.2) is 5.82 Å². The molecule has 6 rings (SSSR count). The Morgan fingerprint density at radius 1 is 0.882 bits per heavy atom. The zero-order valence-corrected chi connectivity index (χ0v) is 27.7. The molecule has 262 valence electrons. The van der Waals surface area contributed by atoms with Gasteiger partial charge in [-0.15, -0.1) is 0 Å². The van der Waals surface area contributed by atoms with Crippen LogP contribution in [0.3, 0.4) is 0 Å². The normalized spacial score (nSPS) is 12.8. The van der Waals surface area contributed by atoms with Crippen LogP contribution in [0.5, 0.6) is 0 Å². The minimum Gasteiger partial charge on any atom is -0.353 e. The number of anilines is 5. The monoisotopic (exact) mass is 701 g/mol. The van der Waals surface area contributed by atoms with E-state index in [0.717, 1.165) is 34.2 Å². The van der Waals surface area contributed by atoms with E-state index in [1.165, 1.54) is 24.3 Å². The van der Waals surface area contributed by atoms with Gasteiger partial charge >= 0.3 is 18.1 Å². The van der Waals surface area contributed by atoms with Crippen LogP contribution in [0.4, 0.5) is 55.6 Å². The fourth-order valence-electron chi connectivity index (χ4n) is 5.71. The maximum Gasteiger partial charge on any atom is 0.472 e. The van der Waals surface area contributed by atoms with E-state index < -0.39 is 35.4 Å². The zero-order chi connectivity index (χ0) is 36.4. The van der Waals surface area contributed by atoms with Crippen molar-refractivity contribution >= 4 is 40.8 Å². The molecule has 0 unspecified atom stereocenters. The zero-order valence-electron chi connectivity index (χ0n) is 27.7. The van der Waals surface area contributed by atoms with Crippen molar-refractivity contribution in [1.82, 2.24) is 20.2 Å². The Bertz CT molecular complexity index is 2070. The lowest BCUT2D eigenvalue weighted by Crippen LogP contribution is -2.43. The van der Waals surface area contributed by atoms with Crippen molar-refractivity contribution in [1.29, 1.82) is 0 Å². The first kappa shape index (κ1) is 35.0. The van der Waals surface area contributed by atoms with Gasteiger partial charge in [-0.2, -0.15) is 18.2 Å². The van der Waals surface area contributed by atoms with Crippen LogP contribution in [0.2, 0.25) is 0 Å². The van der Waals surface area contributed by atoms with Gasteiger partial charge in [-0.3, -0.25) is 9.69 Å². The van der Waals surface area contributed by atoms with Gasteiger partial charge in [-0.1, -0.05) is 54.6 Å². The van der Waals surface area contributed by atoms with E-state index >= 15 is 8.78 Å². The lowest BCUT2D eigenvalue weighted by molar-refractivity contribution is -0.169. The summed E-state index contributed by atoms with van der Waals surface area (Å²) in [7, 11) is 3.71. The predicted octanol–water partition coefficient (Wildman–Crippen LogP) is 7.96. The second-order valence-electron chi connectivity index (χ2n) is 12.0. The predicted molar refractivity (Wildman–Crippen MR) is 185 cm³/mol. The number of para-hydroxylation sites is 1. The van der Waals surface area contributed by atoms with Gasteiger partial charge in [-0.05, 0) is 74.1 Å². The smallest absolute Gasteiger partial charge is 0.353 e. The first-order valence-electron chi connectivity index (χ1n) is 15.8. The van der Waals surface area contributed by atoms with Gasteiger partial charge in [0.25, 0.3) is 0 Å². The van der Waals surface area contributed by atoms with Crippen LogP contribution < -0.4 is 20.4 Å². The number of nitrogens with zero attached hydrogens (tertiary/aromatic N) is 5. The van der Waals surface area contributed by atoms with Crippen LogP contribution in [0.25, 0.3) is 22.4 Å². The summed E-state index contributed by atoms with van der Waals surface area (Å²) < 4.78 is 72.7. The van der Waals surface area contributed by atoms with Gasteiger partial charge < -0.3 is 15.5 Å². The molecule has 0 aliphatic carbocycles. The lowest BCUT2D eigenvalue weighted by Gasteiger charge is -2.31. The minimum atomic E-state index is -5.23. The Morgan fingerprint density at radius 3 is 2.18 bits per heavy atom. The molecule has 5 aromatic rings. The molecule has 1 aromatic heterocycles. The molecule has 3 amide bonds. The third kappa shape index (κ3) is 7.22. The minimum absolute atomic E-state index is 0.00609. The highest BCUT2D eigenvalue weighted by Gasteiger charge is 2.44. The van der Waals surface area contributed by atoms with Crippen molar-refractivity contribution in [3.63, 3.8) is 0 Å². The van der Waals surface area contributed by atoms with Crippen LogP contribution in [0, 0.1) is 18.6 Å². The number of aryl methyl sites for hydroxylation is 1. The van der Waals surface area contributed by atoms with E-state index in [9.17, 15) is 22.8 Å². The molecule has 2 heterocycles. The first-order valence-corrected chi connectivity index (χ1v) is 15.8. The molecule has 0 spiro atoms. The molecule has 0 saturated carbocycles. The molecule has 0 bridgehead atoms. The van der Waals surface area contributed by atoms with Gasteiger partial charge in [0.1, 0.15) is 17.3 Å². The second kappa shape index (κ2) is 14.2. The van der Waals surface area contributed by atoms with Crippen molar-refractivity contribution in [2.24, 2.45) is 0 Å². The number of amides is 3. The van der Waals surface area contributed by atoms with E-state index in [0.29, 0.717) is 29.1 Å². The quantitative estimate of drug-likeness (QED) is 0.152. The number of alkyl halides is 3. The van der Waals surface area contributed by atoms with Crippen molar-refractivity contribution < 1.29 is 31.5 Å². The van der Waals surface area contributed by atoms with E-state index in [-0.39, 0.29) is 40.9 Å². The molecule has 51 heavy (non-hydrogen) atoms. The molecule has 4 aromatic carbocycles. The van der Waals surface area contributed by atoms with Crippen LogP contribution >= 0.6 is 0 Å². The number of halogens is 5. The van der Waals surface area contributed by atoms with Crippen LogP contribution in [0.15, 0.2) is 91.0 Å². The van der Waals surface area contributed by atoms with E-state index in [2.05, 4.69) is 15.6 Å². The number of hydrogen-bond donors (Lipinski definition) is 2. The fraction of sp³-hybridized carbons (Fsp3) is 0.189. The van der Waals surface area contributed by atoms with Crippen molar-refractivity contribution in [2.45, 2.75) is 19.6 Å². The van der Waals surface area contributed by atoms with E-state index in [1.807, 2.05) is 49.3 Å². The summed E-state index contributed by atoms with van der Waals surface area (Å²) in [5.41, 5.74) is 2.05. The summed E-state index contributed by atoms with van der Waals surface area (Å²) in [5, 5.41) is 5.67. The second-order valence-corrected chi connectivity index (χ2v) is 12.0. The maximum atomic E-state index is 15.1. The Kier molecular flexibility index (Phi) is 9.70. The molecule has 2 N–H and O–H groups in total. The number of carbonyl (C=O) groups excluding carboxylic acids is 2. The Morgan fingerprint density at radius 2 is 1.53 bits per heavy atom. The van der Waals surface area contributed by atoms with E-state index in [4.69, 9.17) is 4.98 Å². The van der Waals surface area contributed by atoms with Crippen molar-refractivity contribution in [3.05, 3.63) is 114 Å². The fourth-order valence-corrected chi connectivity index (χ4v) is 5.71. The number of carbonyl (C=O) groups is 2. The van der Waals surface area contributed by atoms with Gasteiger partial charge in [-0.25, -0.2) is 23.5 Å². The standard InChI is InChI=1S/C37H32F5N7O2/c1-22-12-15-26(48(34(50)37(40,41)42)25-16-13-24(14-17-25)23-8-5-4-6-9-23)20-27(22)31-28-21-44-36(51)49(32-29(38)10-7-11-30(32)39)33(28)46-35(45-31)43-18-19-47(2)3/h4-17,20H,18-19,21H2,1-3H3,(H,44,51)(H,43,45,46). The largest absolute Gasteiger partial charge is 0.472 e. The average Bonchev–Trinajstić information content (AvgIpc) is 3.09. The highest BCUT2D eigenvalue weighted by molar-refractivity contribution is 6.05. The number of hydrogen-bond acceptors (Lipinski definition) is 6. The molecule has 0 saturated heterocycles. The van der Waals surface area contributed by atoms with Crippen LogP contribution in [-0.2, 0) is 11.3 Å². The van der Waals surface area contributed by atoms with Gasteiger partial charge in [0.2, 0.25) is 5.95 Å². The van der Waals surface area contributed by atoms with E-state index in [1.54, 1.807) is 25.1 Å². The molecular formula is C37H32F5N7O2. The molecular weight excluding hydrogens is 669 g/mol. The SMILES string of the molecule is Cc1ccc(N(C(=O)C(F)(F)F)c2ccc(-c3ccccc3)cc2)cc1-c1nc(NCCN(C)C)nc2c1CNC(=O)N2c1c(F)cccc1F. The Labute approximate surface area is 290 Å². The number of benzene rings is 4. The number of nitrogens with one attached hydrogen (secondary N) is 2. The lowest BCUT2D eigenvalue weighted by atomic mass is 9.98. The van der Waals surface area contributed by atoms with Crippen LogP contribution in [-0.4, -0.2) is 60.2 Å². The van der Waals surface area contributed by atoms with Crippen LogP contribution in [0.1, 0.15) is 11.1 Å². The first-order chi connectivity index (χ1) is 24.3. The number of fused-ring (bicyclic) bond motifs is 1. The number of rotatable bonds is 9. The summed E-state index contributed by atoms with van der Waals surface area (Å²) in [6.07, 6.45) is -5.23. The third-order valence-corrected chi connectivity index (χ3v) is 8.23. The van der Waals surface area contributed by atoms with Gasteiger partial charge in [0, 0.05) is 35.6 Å². The van der Waals surface area contributed by atoms with Crippen molar-refractivity contribution in [3.8, 4) is 22.4 Å². The molecule has 0 fully saturated rings.